The summed E-state index contributed by atoms with van der Waals surface area (Å²) in [5, 5.41) is 2.86. The third kappa shape index (κ3) is 4.06. The maximum absolute atomic E-state index is 12.5. The Bertz CT molecular complexity index is 641. The van der Waals surface area contributed by atoms with Crippen molar-refractivity contribution < 1.29 is 14.3 Å². The molecular weight excluding hydrogens is 318 g/mol. The first-order chi connectivity index (χ1) is 12.1. The zero-order valence-electron chi connectivity index (χ0n) is 15.1. The first-order valence-corrected chi connectivity index (χ1v) is 9.08. The van der Waals surface area contributed by atoms with Gasteiger partial charge in [-0.25, -0.2) is 4.79 Å². The molecule has 25 heavy (non-hydrogen) atoms. The van der Waals surface area contributed by atoms with E-state index in [2.05, 4.69) is 5.32 Å². The van der Waals surface area contributed by atoms with Crippen LogP contribution in [0.5, 0.6) is 5.75 Å². The molecule has 0 spiro atoms. The van der Waals surface area contributed by atoms with E-state index in [0.717, 1.165) is 24.2 Å². The molecule has 2 fully saturated rings. The fourth-order valence-corrected chi connectivity index (χ4v) is 3.74. The van der Waals surface area contributed by atoms with Gasteiger partial charge in [0.2, 0.25) is 5.91 Å². The van der Waals surface area contributed by atoms with Crippen LogP contribution in [-0.4, -0.2) is 54.5 Å². The molecule has 1 saturated heterocycles. The number of hydrogen-bond donors (Lipinski definition) is 1. The maximum Gasteiger partial charge on any atom is 0.322 e. The van der Waals surface area contributed by atoms with Gasteiger partial charge in [-0.05, 0) is 31.4 Å². The van der Waals surface area contributed by atoms with Crippen molar-refractivity contribution in [1.82, 2.24) is 9.80 Å². The minimum atomic E-state index is -0.234. The Morgan fingerprint density at radius 2 is 1.96 bits per heavy atom. The number of methoxy groups -OCH3 is 1. The number of urea groups is 1. The number of nitrogens with one attached hydrogen (secondary N) is 1. The van der Waals surface area contributed by atoms with Gasteiger partial charge >= 0.3 is 6.03 Å². The average molecular weight is 345 g/mol. The van der Waals surface area contributed by atoms with E-state index in [1.165, 1.54) is 19.3 Å². The van der Waals surface area contributed by atoms with Crippen LogP contribution >= 0.6 is 0 Å². The number of piperazine rings is 1. The van der Waals surface area contributed by atoms with Gasteiger partial charge in [-0.15, -0.1) is 0 Å². The second-order valence-electron chi connectivity index (χ2n) is 6.92. The molecule has 0 aromatic heterocycles. The largest absolute Gasteiger partial charge is 0.496 e. The van der Waals surface area contributed by atoms with Gasteiger partial charge in [0.05, 0.1) is 7.11 Å². The third-order valence-electron chi connectivity index (χ3n) is 5.22. The summed E-state index contributed by atoms with van der Waals surface area (Å²) < 4.78 is 5.29. The lowest BCUT2D eigenvalue weighted by Crippen LogP contribution is -2.56. The molecule has 6 nitrogen and oxygen atoms in total. The van der Waals surface area contributed by atoms with E-state index in [1.54, 1.807) is 18.1 Å². The summed E-state index contributed by atoms with van der Waals surface area (Å²) >= 11 is 0. The van der Waals surface area contributed by atoms with E-state index >= 15 is 0 Å². The van der Waals surface area contributed by atoms with Gasteiger partial charge in [-0.2, -0.15) is 0 Å². The molecule has 1 aliphatic carbocycles. The van der Waals surface area contributed by atoms with Crippen molar-refractivity contribution in [1.29, 1.82) is 0 Å². The average Bonchev–Trinajstić information content (AvgIpc) is 2.64. The lowest BCUT2D eigenvalue weighted by Gasteiger charge is -2.40. The normalized spacial score (nSPS) is 19.0. The molecule has 1 saturated carbocycles. The highest BCUT2D eigenvalue weighted by Gasteiger charge is 2.32. The van der Waals surface area contributed by atoms with Crippen molar-refractivity contribution in [3.63, 3.8) is 0 Å². The van der Waals surface area contributed by atoms with Crippen LogP contribution in [0, 0.1) is 6.92 Å². The Balaban J connectivity index is 1.58. The molecule has 3 amide bonds. The SMILES string of the molecule is COc1cc(NC(=O)N2CCN(C3CCCCC3)C(=O)C2)ccc1C. The number of hydrogen-bond acceptors (Lipinski definition) is 3. The highest BCUT2D eigenvalue weighted by molar-refractivity contribution is 5.93. The lowest BCUT2D eigenvalue weighted by atomic mass is 9.93. The topological polar surface area (TPSA) is 61.9 Å². The number of amides is 3. The number of nitrogens with zero attached hydrogens (tertiary/aromatic N) is 2. The Morgan fingerprint density at radius 3 is 2.64 bits per heavy atom. The smallest absolute Gasteiger partial charge is 0.322 e. The molecule has 136 valence electrons. The number of ether oxygens (including phenoxy) is 1. The summed E-state index contributed by atoms with van der Waals surface area (Å²) in [4.78, 5) is 28.5. The first-order valence-electron chi connectivity index (χ1n) is 9.08. The molecule has 0 atom stereocenters. The molecule has 2 aliphatic rings. The van der Waals surface area contributed by atoms with E-state index in [0.29, 0.717) is 24.8 Å². The van der Waals surface area contributed by atoms with Crippen molar-refractivity contribution in [3.8, 4) is 5.75 Å². The van der Waals surface area contributed by atoms with Gasteiger partial charge in [-0.3, -0.25) is 4.79 Å². The minimum Gasteiger partial charge on any atom is -0.496 e. The van der Waals surface area contributed by atoms with E-state index < -0.39 is 0 Å². The van der Waals surface area contributed by atoms with Gasteiger partial charge < -0.3 is 19.9 Å². The van der Waals surface area contributed by atoms with Gasteiger partial charge in [0.25, 0.3) is 0 Å². The van der Waals surface area contributed by atoms with Crippen molar-refractivity contribution in [3.05, 3.63) is 23.8 Å². The molecule has 0 radical (unpaired) electrons. The van der Waals surface area contributed by atoms with Crippen LogP contribution in [0.3, 0.4) is 0 Å². The van der Waals surface area contributed by atoms with E-state index in [9.17, 15) is 9.59 Å². The maximum atomic E-state index is 12.5. The van der Waals surface area contributed by atoms with Crippen molar-refractivity contribution in [2.24, 2.45) is 0 Å². The summed E-state index contributed by atoms with van der Waals surface area (Å²) in [6, 6.07) is 5.68. The number of anilines is 1. The van der Waals surface area contributed by atoms with Crippen LogP contribution < -0.4 is 10.1 Å². The van der Waals surface area contributed by atoms with Gasteiger partial charge in [0.15, 0.2) is 0 Å². The zero-order chi connectivity index (χ0) is 17.8. The predicted octanol–water partition coefficient (Wildman–Crippen LogP) is 3.01. The van der Waals surface area contributed by atoms with Crippen LogP contribution in [0.15, 0.2) is 18.2 Å². The first kappa shape index (κ1) is 17.6. The molecule has 0 bridgehead atoms. The van der Waals surface area contributed by atoms with Crippen LogP contribution in [-0.2, 0) is 4.79 Å². The quantitative estimate of drug-likeness (QED) is 0.916. The fraction of sp³-hybridized carbons (Fsp3) is 0.579. The molecule has 0 unspecified atom stereocenters. The summed E-state index contributed by atoms with van der Waals surface area (Å²) in [6.45, 7) is 3.32. The van der Waals surface area contributed by atoms with E-state index in [1.807, 2.05) is 24.0 Å². The predicted molar refractivity (Wildman–Crippen MR) is 96.9 cm³/mol. The van der Waals surface area contributed by atoms with Crippen molar-refractivity contribution in [2.75, 3.05) is 32.1 Å². The molecule has 1 aliphatic heterocycles. The molecule has 1 aromatic rings. The van der Waals surface area contributed by atoms with E-state index in [-0.39, 0.29) is 18.5 Å². The zero-order valence-corrected chi connectivity index (χ0v) is 15.1. The van der Waals surface area contributed by atoms with Gasteiger partial charge in [-0.1, -0.05) is 25.3 Å². The van der Waals surface area contributed by atoms with Crippen LogP contribution in [0.25, 0.3) is 0 Å². The monoisotopic (exact) mass is 345 g/mol. The highest BCUT2D eigenvalue weighted by Crippen LogP contribution is 2.25. The Hall–Kier alpha value is -2.24. The number of carbonyl (C=O) groups is 2. The number of benzene rings is 1. The van der Waals surface area contributed by atoms with E-state index in [4.69, 9.17) is 4.74 Å². The molecule has 1 N–H and O–H groups in total. The lowest BCUT2D eigenvalue weighted by molar-refractivity contribution is -0.138. The summed E-state index contributed by atoms with van der Waals surface area (Å²) in [7, 11) is 1.61. The second kappa shape index (κ2) is 7.76. The Morgan fingerprint density at radius 1 is 1.20 bits per heavy atom. The fourth-order valence-electron chi connectivity index (χ4n) is 3.74. The molecule has 6 heteroatoms. The minimum absolute atomic E-state index is 0.0646. The number of carbonyl (C=O) groups excluding carboxylic acids is 2. The van der Waals surface area contributed by atoms with Gasteiger partial charge in [0, 0.05) is 30.9 Å². The summed E-state index contributed by atoms with van der Waals surface area (Å²) in [5.74, 6) is 0.797. The van der Waals surface area contributed by atoms with Crippen LogP contribution in [0.2, 0.25) is 0 Å². The molecular formula is C19H27N3O3. The molecule has 3 rings (SSSR count). The summed E-state index contributed by atoms with van der Waals surface area (Å²) in [5.41, 5.74) is 1.69. The molecule has 1 aromatic carbocycles. The van der Waals surface area contributed by atoms with Crippen molar-refractivity contribution >= 4 is 17.6 Å². The second-order valence-corrected chi connectivity index (χ2v) is 6.92. The van der Waals surface area contributed by atoms with Crippen LogP contribution in [0.4, 0.5) is 10.5 Å². The number of rotatable bonds is 3. The number of aryl methyl sites for hydroxylation is 1. The molecule has 1 heterocycles. The Kier molecular flexibility index (Phi) is 5.46. The van der Waals surface area contributed by atoms with Crippen LogP contribution in [0.1, 0.15) is 37.7 Å². The standard InChI is InChI=1S/C19H27N3O3/c1-14-8-9-15(12-17(14)25-2)20-19(24)21-10-11-22(18(23)13-21)16-6-4-3-5-7-16/h8-9,12,16H,3-7,10-11,13H2,1-2H3,(H,20,24). The third-order valence-corrected chi connectivity index (χ3v) is 5.22. The van der Waals surface area contributed by atoms with Gasteiger partial charge in [0.1, 0.15) is 12.3 Å². The highest BCUT2D eigenvalue weighted by atomic mass is 16.5. The Labute approximate surface area is 149 Å². The summed E-state index contributed by atoms with van der Waals surface area (Å²) in [6.07, 6.45) is 5.87. The van der Waals surface area contributed by atoms with Crippen molar-refractivity contribution in [2.45, 2.75) is 45.1 Å².